The molecular formula is C13H21N3O2. The summed E-state index contributed by atoms with van der Waals surface area (Å²) in [6.45, 7) is 5.08. The highest BCUT2D eigenvalue weighted by Gasteiger charge is 2.30. The molecule has 3 heterocycles. The van der Waals surface area contributed by atoms with E-state index in [0.717, 1.165) is 44.3 Å². The number of nitrogens with zero attached hydrogens (tertiary/aromatic N) is 2. The van der Waals surface area contributed by atoms with Gasteiger partial charge in [-0.25, -0.2) is 0 Å². The van der Waals surface area contributed by atoms with Crippen molar-refractivity contribution in [3.05, 3.63) is 11.7 Å². The molecule has 2 fully saturated rings. The highest BCUT2D eigenvalue weighted by molar-refractivity contribution is 5.01. The number of hydrogen-bond donors (Lipinski definition) is 1. The van der Waals surface area contributed by atoms with Gasteiger partial charge in [-0.1, -0.05) is 12.1 Å². The first-order valence-corrected chi connectivity index (χ1v) is 6.97. The molecule has 0 radical (unpaired) electrons. The largest absolute Gasteiger partial charge is 0.378 e. The summed E-state index contributed by atoms with van der Waals surface area (Å²) in [6.07, 6.45) is 4.62. The smallest absolute Gasteiger partial charge is 0.231 e. The molecule has 0 amide bonds. The van der Waals surface area contributed by atoms with E-state index in [4.69, 9.17) is 9.26 Å². The van der Waals surface area contributed by atoms with Crippen molar-refractivity contribution < 1.29 is 9.26 Å². The fourth-order valence-electron chi connectivity index (χ4n) is 2.81. The fraction of sp³-hybridized carbons (Fsp3) is 0.846. The Kier molecular flexibility index (Phi) is 3.61. The second kappa shape index (κ2) is 5.36. The lowest BCUT2D eigenvalue weighted by atomic mass is 9.98. The Morgan fingerprint density at radius 2 is 2.28 bits per heavy atom. The van der Waals surface area contributed by atoms with Crippen molar-refractivity contribution in [3.8, 4) is 0 Å². The van der Waals surface area contributed by atoms with Gasteiger partial charge >= 0.3 is 0 Å². The minimum Gasteiger partial charge on any atom is -0.378 e. The van der Waals surface area contributed by atoms with Crippen LogP contribution < -0.4 is 5.32 Å². The SMILES string of the molecule is CC1CNCC1c1nc(CC2CCCCO2)no1. The summed E-state index contributed by atoms with van der Waals surface area (Å²) in [5.41, 5.74) is 0. The van der Waals surface area contributed by atoms with E-state index in [1.807, 2.05) is 0 Å². The Morgan fingerprint density at radius 3 is 3.00 bits per heavy atom. The first-order valence-electron chi connectivity index (χ1n) is 6.97. The van der Waals surface area contributed by atoms with Crippen LogP contribution in [-0.2, 0) is 11.2 Å². The number of rotatable bonds is 3. The molecule has 3 atom stereocenters. The first kappa shape index (κ1) is 12.1. The molecule has 2 aliphatic rings. The van der Waals surface area contributed by atoms with Crippen molar-refractivity contribution in [3.63, 3.8) is 0 Å². The summed E-state index contributed by atoms with van der Waals surface area (Å²) in [6, 6.07) is 0. The maximum absolute atomic E-state index is 5.70. The number of ether oxygens (including phenoxy) is 1. The third-order valence-corrected chi connectivity index (χ3v) is 4.00. The molecule has 3 unspecified atom stereocenters. The van der Waals surface area contributed by atoms with Gasteiger partial charge in [0.1, 0.15) is 0 Å². The van der Waals surface area contributed by atoms with Gasteiger partial charge in [0.05, 0.1) is 12.0 Å². The van der Waals surface area contributed by atoms with Crippen LogP contribution in [-0.4, -0.2) is 35.9 Å². The van der Waals surface area contributed by atoms with E-state index in [2.05, 4.69) is 22.4 Å². The molecule has 3 rings (SSSR count). The monoisotopic (exact) mass is 251 g/mol. The molecule has 0 bridgehead atoms. The van der Waals surface area contributed by atoms with Crippen LogP contribution in [0.3, 0.4) is 0 Å². The van der Waals surface area contributed by atoms with Gasteiger partial charge in [-0.15, -0.1) is 0 Å². The van der Waals surface area contributed by atoms with E-state index >= 15 is 0 Å². The molecule has 2 aliphatic heterocycles. The molecule has 0 spiro atoms. The topological polar surface area (TPSA) is 60.2 Å². The lowest BCUT2D eigenvalue weighted by Crippen LogP contribution is -2.21. The van der Waals surface area contributed by atoms with Gasteiger partial charge in [-0.3, -0.25) is 0 Å². The zero-order valence-corrected chi connectivity index (χ0v) is 10.9. The van der Waals surface area contributed by atoms with Crippen LogP contribution in [0.15, 0.2) is 4.52 Å². The lowest BCUT2D eigenvalue weighted by Gasteiger charge is -2.20. The van der Waals surface area contributed by atoms with Gasteiger partial charge in [-0.2, -0.15) is 4.98 Å². The van der Waals surface area contributed by atoms with Crippen LogP contribution in [0.1, 0.15) is 43.8 Å². The summed E-state index contributed by atoms with van der Waals surface area (Å²) in [5.74, 6) is 2.54. The first-order chi connectivity index (χ1) is 8.83. The average Bonchev–Trinajstić information content (AvgIpc) is 2.99. The average molecular weight is 251 g/mol. The van der Waals surface area contributed by atoms with Gasteiger partial charge in [0, 0.05) is 19.6 Å². The Bertz CT molecular complexity index is 387. The second-order valence-corrected chi connectivity index (χ2v) is 5.48. The van der Waals surface area contributed by atoms with Crippen LogP contribution in [0.4, 0.5) is 0 Å². The Balaban J connectivity index is 1.62. The molecule has 1 N–H and O–H groups in total. The van der Waals surface area contributed by atoms with Gasteiger partial charge < -0.3 is 14.6 Å². The molecule has 2 saturated heterocycles. The molecule has 100 valence electrons. The number of hydrogen-bond acceptors (Lipinski definition) is 5. The van der Waals surface area contributed by atoms with E-state index in [9.17, 15) is 0 Å². The maximum Gasteiger partial charge on any atom is 0.231 e. The van der Waals surface area contributed by atoms with Gasteiger partial charge in [0.2, 0.25) is 5.89 Å². The molecular weight excluding hydrogens is 230 g/mol. The van der Waals surface area contributed by atoms with Gasteiger partial charge in [0.25, 0.3) is 0 Å². The van der Waals surface area contributed by atoms with Crippen molar-refractivity contribution in [2.45, 2.75) is 44.6 Å². The number of aromatic nitrogens is 2. The van der Waals surface area contributed by atoms with Crippen molar-refractivity contribution in [1.29, 1.82) is 0 Å². The minimum absolute atomic E-state index is 0.281. The van der Waals surface area contributed by atoms with Crippen LogP contribution in [0.2, 0.25) is 0 Å². The summed E-state index contributed by atoms with van der Waals surface area (Å²) >= 11 is 0. The third-order valence-electron chi connectivity index (χ3n) is 4.00. The van der Waals surface area contributed by atoms with Crippen molar-refractivity contribution >= 4 is 0 Å². The van der Waals surface area contributed by atoms with E-state index in [0.29, 0.717) is 11.8 Å². The zero-order chi connectivity index (χ0) is 12.4. The molecule has 18 heavy (non-hydrogen) atoms. The van der Waals surface area contributed by atoms with Crippen molar-refractivity contribution in [2.24, 2.45) is 5.92 Å². The highest BCUT2D eigenvalue weighted by atomic mass is 16.5. The van der Waals surface area contributed by atoms with Crippen molar-refractivity contribution in [1.82, 2.24) is 15.5 Å². The predicted octanol–water partition coefficient (Wildman–Crippen LogP) is 1.50. The van der Waals surface area contributed by atoms with Gasteiger partial charge in [-0.05, 0) is 31.7 Å². The second-order valence-electron chi connectivity index (χ2n) is 5.48. The fourth-order valence-corrected chi connectivity index (χ4v) is 2.81. The molecule has 5 heteroatoms. The normalized spacial score (nSPS) is 32.8. The van der Waals surface area contributed by atoms with E-state index in [1.54, 1.807) is 0 Å². The molecule has 0 aromatic carbocycles. The van der Waals surface area contributed by atoms with Crippen LogP contribution in [0, 0.1) is 5.92 Å². The van der Waals surface area contributed by atoms with E-state index in [1.165, 1.54) is 12.8 Å². The zero-order valence-electron chi connectivity index (χ0n) is 10.9. The molecule has 0 saturated carbocycles. The summed E-state index contributed by atoms with van der Waals surface area (Å²) in [7, 11) is 0. The number of nitrogens with one attached hydrogen (secondary N) is 1. The quantitative estimate of drug-likeness (QED) is 0.882. The lowest BCUT2D eigenvalue weighted by molar-refractivity contribution is 0.0153. The van der Waals surface area contributed by atoms with Crippen LogP contribution >= 0.6 is 0 Å². The molecule has 1 aromatic rings. The van der Waals surface area contributed by atoms with Crippen molar-refractivity contribution in [2.75, 3.05) is 19.7 Å². The predicted molar refractivity (Wildman–Crippen MR) is 66.4 cm³/mol. The van der Waals surface area contributed by atoms with Crippen LogP contribution in [0.5, 0.6) is 0 Å². The maximum atomic E-state index is 5.70. The minimum atomic E-state index is 0.281. The molecule has 0 aliphatic carbocycles. The van der Waals surface area contributed by atoms with E-state index in [-0.39, 0.29) is 6.10 Å². The van der Waals surface area contributed by atoms with Gasteiger partial charge in [0.15, 0.2) is 5.82 Å². The van der Waals surface area contributed by atoms with Crippen LogP contribution in [0.25, 0.3) is 0 Å². The Morgan fingerprint density at radius 1 is 1.33 bits per heavy atom. The standard InChI is InChI=1S/C13H21N3O2/c1-9-7-14-8-11(9)13-15-12(16-18-13)6-10-4-2-3-5-17-10/h9-11,14H,2-8H2,1H3. The highest BCUT2D eigenvalue weighted by Crippen LogP contribution is 2.26. The summed E-state index contributed by atoms with van der Waals surface area (Å²) < 4.78 is 11.1. The summed E-state index contributed by atoms with van der Waals surface area (Å²) in [4.78, 5) is 4.54. The molecule has 5 nitrogen and oxygen atoms in total. The van der Waals surface area contributed by atoms with E-state index < -0.39 is 0 Å². The Hall–Kier alpha value is -0.940. The summed E-state index contributed by atoms with van der Waals surface area (Å²) in [5, 5.41) is 7.45. The molecule has 1 aromatic heterocycles. The Labute approximate surface area is 107 Å². The third kappa shape index (κ3) is 2.57.